The monoisotopic (exact) mass is 382 g/mol. The van der Waals surface area contributed by atoms with Crippen LogP contribution in [0.3, 0.4) is 0 Å². The van der Waals surface area contributed by atoms with Gasteiger partial charge in [-0.1, -0.05) is 0 Å². The SMILES string of the molecule is Cn1cc(CC(=O)c2cc(CC(=O)c3cc(N)cn3C)cn2C)cc1C(=O)O. The third-order valence-corrected chi connectivity index (χ3v) is 4.67. The van der Waals surface area contributed by atoms with Crippen LogP contribution >= 0.6 is 0 Å². The molecular weight excluding hydrogens is 360 g/mol. The van der Waals surface area contributed by atoms with Gasteiger partial charge >= 0.3 is 5.97 Å². The maximum Gasteiger partial charge on any atom is 0.352 e. The number of anilines is 1. The molecule has 0 fully saturated rings. The van der Waals surface area contributed by atoms with E-state index in [0.29, 0.717) is 22.6 Å². The molecule has 0 amide bonds. The average molecular weight is 382 g/mol. The Labute approximate surface area is 161 Å². The number of carbonyl (C=O) groups excluding carboxylic acids is 2. The van der Waals surface area contributed by atoms with Crippen LogP contribution in [0.25, 0.3) is 0 Å². The second kappa shape index (κ2) is 7.22. The first kappa shape index (κ1) is 19.2. The molecule has 146 valence electrons. The standard InChI is InChI=1S/C20H22N4O4/c1-22-9-12(6-19(26)16-8-14(21)11-24(16)3)4-15(22)18(25)7-13-5-17(20(27)28)23(2)10-13/h4-5,8-11H,6-7,21H2,1-3H3,(H,27,28). The Morgan fingerprint density at radius 2 is 1.21 bits per heavy atom. The first-order valence-corrected chi connectivity index (χ1v) is 8.67. The Bertz CT molecular complexity index is 1080. The van der Waals surface area contributed by atoms with Crippen LogP contribution < -0.4 is 5.73 Å². The molecule has 0 unspecified atom stereocenters. The molecule has 0 saturated heterocycles. The molecule has 3 aromatic rings. The lowest BCUT2D eigenvalue weighted by atomic mass is 10.1. The molecule has 0 spiro atoms. The number of carboxylic acid groups (broad SMARTS) is 1. The number of carbonyl (C=O) groups is 3. The lowest BCUT2D eigenvalue weighted by molar-refractivity contribution is 0.0686. The van der Waals surface area contributed by atoms with Gasteiger partial charge in [-0.05, 0) is 29.3 Å². The van der Waals surface area contributed by atoms with Crippen LogP contribution in [0.5, 0.6) is 0 Å². The summed E-state index contributed by atoms with van der Waals surface area (Å²) in [5.74, 6) is -1.27. The quantitative estimate of drug-likeness (QED) is 0.606. The Morgan fingerprint density at radius 1 is 0.786 bits per heavy atom. The van der Waals surface area contributed by atoms with Crippen LogP contribution in [0.2, 0.25) is 0 Å². The number of aryl methyl sites for hydroxylation is 3. The van der Waals surface area contributed by atoms with Gasteiger partial charge in [-0.25, -0.2) is 4.79 Å². The van der Waals surface area contributed by atoms with Gasteiger partial charge in [0.25, 0.3) is 0 Å². The van der Waals surface area contributed by atoms with Gasteiger partial charge in [-0.3, -0.25) is 9.59 Å². The fourth-order valence-corrected chi connectivity index (χ4v) is 3.37. The lowest BCUT2D eigenvalue weighted by Gasteiger charge is -2.00. The summed E-state index contributed by atoms with van der Waals surface area (Å²) in [5, 5.41) is 9.13. The van der Waals surface area contributed by atoms with Crippen molar-refractivity contribution in [2.75, 3.05) is 5.73 Å². The molecule has 0 saturated carbocycles. The highest BCUT2D eigenvalue weighted by Crippen LogP contribution is 2.17. The van der Waals surface area contributed by atoms with Crippen molar-refractivity contribution in [3.05, 3.63) is 65.0 Å². The van der Waals surface area contributed by atoms with Gasteiger partial charge in [0.2, 0.25) is 0 Å². The maximum absolute atomic E-state index is 12.7. The van der Waals surface area contributed by atoms with Crippen molar-refractivity contribution in [2.24, 2.45) is 21.1 Å². The molecule has 0 atom stereocenters. The van der Waals surface area contributed by atoms with Crippen molar-refractivity contribution in [2.45, 2.75) is 12.8 Å². The minimum absolute atomic E-state index is 0.0840. The molecule has 8 nitrogen and oxygen atoms in total. The Kier molecular flexibility index (Phi) is 4.96. The van der Waals surface area contributed by atoms with E-state index in [1.807, 2.05) is 0 Å². The third kappa shape index (κ3) is 3.75. The summed E-state index contributed by atoms with van der Waals surface area (Å²) in [5.41, 5.74) is 8.72. The summed E-state index contributed by atoms with van der Waals surface area (Å²) in [7, 11) is 5.13. The molecule has 3 rings (SSSR count). The molecule has 0 bridgehead atoms. The summed E-state index contributed by atoms with van der Waals surface area (Å²) in [6.07, 6.45) is 5.31. The third-order valence-electron chi connectivity index (χ3n) is 4.67. The Hall–Kier alpha value is -3.55. The second-order valence-corrected chi connectivity index (χ2v) is 6.96. The van der Waals surface area contributed by atoms with E-state index < -0.39 is 5.97 Å². The van der Waals surface area contributed by atoms with Crippen molar-refractivity contribution < 1.29 is 19.5 Å². The highest BCUT2D eigenvalue weighted by atomic mass is 16.4. The average Bonchev–Trinajstić information content (AvgIpc) is 3.24. The summed E-state index contributed by atoms with van der Waals surface area (Å²) in [6, 6.07) is 4.83. The van der Waals surface area contributed by atoms with Crippen LogP contribution in [0, 0.1) is 0 Å². The number of rotatable bonds is 7. The fraction of sp³-hybridized carbons (Fsp3) is 0.250. The molecule has 0 radical (unpaired) electrons. The largest absolute Gasteiger partial charge is 0.477 e. The zero-order valence-electron chi connectivity index (χ0n) is 16.0. The maximum atomic E-state index is 12.7. The number of nitrogens with two attached hydrogens (primary N) is 1. The predicted octanol–water partition coefficient (Wildman–Crippen LogP) is 1.83. The van der Waals surface area contributed by atoms with Crippen LogP contribution in [0.4, 0.5) is 5.69 Å². The summed E-state index contributed by atoms with van der Waals surface area (Å²) in [6.45, 7) is 0. The van der Waals surface area contributed by atoms with Gasteiger partial charge in [0, 0.05) is 52.6 Å². The van der Waals surface area contributed by atoms with E-state index >= 15 is 0 Å². The lowest BCUT2D eigenvalue weighted by Crippen LogP contribution is -2.08. The van der Waals surface area contributed by atoms with Crippen molar-refractivity contribution in [1.82, 2.24) is 13.7 Å². The molecule has 0 aliphatic carbocycles. The summed E-state index contributed by atoms with van der Waals surface area (Å²) < 4.78 is 4.85. The number of nitrogens with zero attached hydrogens (tertiary/aromatic N) is 3. The number of ketones is 2. The Balaban J connectivity index is 1.75. The highest BCUT2D eigenvalue weighted by Gasteiger charge is 2.18. The minimum Gasteiger partial charge on any atom is -0.477 e. The van der Waals surface area contributed by atoms with E-state index in [0.717, 1.165) is 5.56 Å². The van der Waals surface area contributed by atoms with Gasteiger partial charge in [0.05, 0.1) is 17.1 Å². The topological polar surface area (TPSA) is 112 Å². The Morgan fingerprint density at radius 3 is 1.64 bits per heavy atom. The van der Waals surface area contributed by atoms with Crippen LogP contribution in [0.1, 0.15) is 42.6 Å². The fourth-order valence-electron chi connectivity index (χ4n) is 3.37. The van der Waals surface area contributed by atoms with Crippen LogP contribution in [0.15, 0.2) is 36.8 Å². The normalized spacial score (nSPS) is 11.0. The van der Waals surface area contributed by atoms with Crippen molar-refractivity contribution in [3.8, 4) is 0 Å². The molecular formula is C20H22N4O4. The zero-order valence-corrected chi connectivity index (χ0v) is 16.0. The van der Waals surface area contributed by atoms with Crippen molar-refractivity contribution in [3.63, 3.8) is 0 Å². The summed E-state index contributed by atoms with van der Waals surface area (Å²) >= 11 is 0. The van der Waals surface area contributed by atoms with Crippen LogP contribution in [-0.4, -0.2) is 36.3 Å². The first-order chi connectivity index (χ1) is 13.2. The first-order valence-electron chi connectivity index (χ1n) is 8.67. The molecule has 3 aromatic heterocycles. The van der Waals surface area contributed by atoms with Crippen molar-refractivity contribution >= 4 is 23.2 Å². The molecule has 3 N–H and O–H groups in total. The predicted molar refractivity (Wildman–Crippen MR) is 104 cm³/mol. The van der Waals surface area contributed by atoms with E-state index in [4.69, 9.17) is 10.8 Å². The van der Waals surface area contributed by atoms with E-state index in [1.54, 1.807) is 61.0 Å². The molecule has 0 aliphatic rings. The van der Waals surface area contributed by atoms with Gasteiger partial charge in [-0.2, -0.15) is 0 Å². The molecule has 3 heterocycles. The molecule has 0 aromatic carbocycles. The second-order valence-electron chi connectivity index (χ2n) is 6.96. The van der Waals surface area contributed by atoms with Crippen molar-refractivity contribution in [1.29, 1.82) is 0 Å². The van der Waals surface area contributed by atoms with Gasteiger partial charge in [-0.15, -0.1) is 0 Å². The number of hydrogen-bond donors (Lipinski definition) is 2. The van der Waals surface area contributed by atoms with Gasteiger partial charge in [0.15, 0.2) is 11.6 Å². The number of aromatic nitrogens is 3. The number of hydrogen-bond acceptors (Lipinski definition) is 4. The van der Waals surface area contributed by atoms with E-state index in [9.17, 15) is 14.4 Å². The molecule has 8 heteroatoms. The van der Waals surface area contributed by atoms with E-state index in [1.165, 1.54) is 10.6 Å². The zero-order chi connectivity index (χ0) is 20.6. The van der Waals surface area contributed by atoms with E-state index in [-0.39, 0.29) is 30.1 Å². The number of aromatic carboxylic acids is 1. The van der Waals surface area contributed by atoms with E-state index in [2.05, 4.69) is 0 Å². The van der Waals surface area contributed by atoms with Gasteiger partial charge < -0.3 is 24.5 Å². The number of carboxylic acids is 1. The molecule has 0 aliphatic heterocycles. The van der Waals surface area contributed by atoms with Crippen LogP contribution in [-0.2, 0) is 34.0 Å². The number of Topliss-reactive ketones (excluding diaryl/α,β-unsaturated/α-hetero) is 2. The van der Waals surface area contributed by atoms with Gasteiger partial charge in [0.1, 0.15) is 5.69 Å². The number of nitrogen functional groups attached to an aromatic ring is 1. The smallest absolute Gasteiger partial charge is 0.352 e. The molecule has 28 heavy (non-hydrogen) atoms. The minimum atomic E-state index is -1.04. The highest BCUT2D eigenvalue weighted by molar-refractivity contribution is 5.99. The summed E-state index contributed by atoms with van der Waals surface area (Å²) in [4.78, 5) is 36.3.